The number of sulfonamides is 1. The number of carbonyl (C=O) groups is 1. The van der Waals surface area contributed by atoms with Crippen LogP contribution in [-0.2, 0) is 14.8 Å². The number of rotatable bonds is 7. The maximum absolute atomic E-state index is 12.9. The van der Waals surface area contributed by atoms with Crippen LogP contribution in [0.5, 0.6) is 0 Å². The van der Waals surface area contributed by atoms with Gasteiger partial charge in [-0.3, -0.25) is 4.79 Å². The molecule has 26 heavy (non-hydrogen) atoms. The molecular formula is C18H21FN2O3S2. The smallest absolute Gasteiger partial charge is 0.240 e. The maximum Gasteiger partial charge on any atom is 0.240 e. The van der Waals surface area contributed by atoms with E-state index in [-0.39, 0.29) is 22.7 Å². The van der Waals surface area contributed by atoms with Gasteiger partial charge in [-0.05, 0) is 69.3 Å². The van der Waals surface area contributed by atoms with Gasteiger partial charge < -0.3 is 5.32 Å². The Kier molecular flexibility index (Phi) is 6.80. The van der Waals surface area contributed by atoms with Gasteiger partial charge in [0, 0.05) is 16.6 Å². The van der Waals surface area contributed by atoms with Crippen molar-refractivity contribution in [2.24, 2.45) is 0 Å². The fourth-order valence-corrected chi connectivity index (χ4v) is 4.23. The summed E-state index contributed by atoms with van der Waals surface area (Å²) in [6.45, 7) is 5.23. The van der Waals surface area contributed by atoms with E-state index in [1.54, 1.807) is 45.0 Å². The summed E-state index contributed by atoms with van der Waals surface area (Å²) in [4.78, 5) is 13.2. The Balaban J connectivity index is 1.99. The fraction of sp³-hybridized carbons (Fsp3) is 0.278. The van der Waals surface area contributed by atoms with Gasteiger partial charge in [0.05, 0.1) is 10.1 Å². The van der Waals surface area contributed by atoms with Crippen LogP contribution in [0.15, 0.2) is 58.3 Å². The molecule has 0 unspecified atom stereocenters. The van der Waals surface area contributed by atoms with E-state index in [4.69, 9.17) is 0 Å². The van der Waals surface area contributed by atoms with Crippen LogP contribution in [-0.4, -0.2) is 25.6 Å². The highest BCUT2D eigenvalue weighted by atomic mass is 32.2. The SMILES string of the molecule is CC(C)NS(=O)(=O)c1ccc(NC(=O)[C@H](C)Sc2ccc(F)cc2)cc1. The van der Waals surface area contributed by atoms with Gasteiger partial charge in [0.15, 0.2) is 0 Å². The summed E-state index contributed by atoms with van der Waals surface area (Å²) in [5.41, 5.74) is 0.505. The lowest BCUT2D eigenvalue weighted by Crippen LogP contribution is -2.30. The number of hydrogen-bond acceptors (Lipinski definition) is 4. The minimum Gasteiger partial charge on any atom is -0.325 e. The first-order chi connectivity index (χ1) is 12.2. The van der Waals surface area contributed by atoms with Gasteiger partial charge in [-0.1, -0.05) is 0 Å². The van der Waals surface area contributed by atoms with Gasteiger partial charge in [-0.15, -0.1) is 11.8 Å². The van der Waals surface area contributed by atoms with E-state index in [9.17, 15) is 17.6 Å². The van der Waals surface area contributed by atoms with Gasteiger partial charge in [0.2, 0.25) is 15.9 Å². The zero-order valence-electron chi connectivity index (χ0n) is 14.7. The summed E-state index contributed by atoms with van der Waals surface area (Å²) in [6, 6.07) is 11.7. The predicted molar refractivity (Wildman–Crippen MR) is 102 cm³/mol. The summed E-state index contributed by atoms with van der Waals surface area (Å²) in [5, 5.41) is 2.35. The Morgan fingerprint density at radius 1 is 1.00 bits per heavy atom. The molecule has 0 aromatic heterocycles. The summed E-state index contributed by atoms with van der Waals surface area (Å²) in [7, 11) is -3.56. The monoisotopic (exact) mass is 396 g/mol. The molecular weight excluding hydrogens is 375 g/mol. The van der Waals surface area contributed by atoms with Crippen LogP contribution >= 0.6 is 11.8 Å². The molecule has 1 atom stereocenters. The molecule has 0 bridgehead atoms. The number of amides is 1. The van der Waals surface area contributed by atoms with Gasteiger partial charge in [-0.2, -0.15) is 0 Å². The molecule has 1 amide bonds. The number of halogens is 1. The van der Waals surface area contributed by atoms with Crippen molar-refractivity contribution in [3.05, 3.63) is 54.3 Å². The second-order valence-electron chi connectivity index (χ2n) is 6.00. The Morgan fingerprint density at radius 2 is 1.58 bits per heavy atom. The lowest BCUT2D eigenvalue weighted by molar-refractivity contribution is -0.115. The van der Waals surface area contributed by atoms with Crippen molar-refractivity contribution in [3.63, 3.8) is 0 Å². The molecule has 0 saturated heterocycles. The third kappa shape index (κ3) is 5.82. The number of benzene rings is 2. The van der Waals surface area contributed by atoms with E-state index in [1.807, 2.05) is 0 Å². The minimum atomic E-state index is -3.56. The highest BCUT2D eigenvalue weighted by Gasteiger charge is 2.17. The van der Waals surface area contributed by atoms with E-state index in [2.05, 4.69) is 10.0 Å². The standard InChI is InChI=1S/C18H21FN2O3S2/c1-12(2)21-26(23,24)17-10-6-15(7-11-17)20-18(22)13(3)25-16-8-4-14(19)5-9-16/h4-13,21H,1-3H3,(H,20,22)/t13-/m0/s1. The first-order valence-corrected chi connectivity index (χ1v) is 10.4. The molecule has 2 N–H and O–H groups in total. The zero-order chi connectivity index (χ0) is 19.3. The lowest BCUT2D eigenvalue weighted by atomic mass is 10.3. The summed E-state index contributed by atoms with van der Waals surface area (Å²) >= 11 is 1.31. The average molecular weight is 397 g/mol. The molecule has 2 aromatic rings. The molecule has 0 aliphatic heterocycles. The highest BCUT2D eigenvalue weighted by Crippen LogP contribution is 2.24. The molecule has 0 aliphatic rings. The van der Waals surface area contributed by atoms with Crippen LogP contribution in [0.3, 0.4) is 0 Å². The molecule has 140 valence electrons. The van der Waals surface area contributed by atoms with Gasteiger partial charge in [0.25, 0.3) is 0 Å². The number of carbonyl (C=O) groups excluding carboxylic acids is 1. The fourth-order valence-electron chi connectivity index (χ4n) is 2.11. The molecule has 5 nitrogen and oxygen atoms in total. The largest absolute Gasteiger partial charge is 0.325 e. The Bertz CT molecular complexity index is 851. The summed E-state index contributed by atoms with van der Waals surface area (Å²) in [6.07, 6.45) is 0. The van der Waals surface area contributed by atoms with E-state index in [0.29, 0.717) is 5.69 Å². The van der Waals surface area contributed by atoms with Crippen molar-refractivity contribution in [1.82, 2.24) is 4.72 Å². The number of thioether (sulfide) groups is 1. The molecule has 0 aliphatic carbocycles. The summed E-state index contributed by atoms with van der Waals surface area (Å²) in [5.74, 6) is -0.552. The number of hydrogen-bond donors (Lipinski definition) is 2. The molecule has 0 spiro atoms. The van der Waals surface area contributed by atoms with Gasteiger partial charge in [0.1, 0.15) is 5.82 Å². The van der Waals surface area contributed by atoms with Crippen LogP contribution in [0.25, 0.3) is 0 Å². The number of anilines is 1. The minimum absolute atomic E-state index is 0.137. The van der Waals surface area contributed by atoms with Crippen molar-refractivity contribution in [2.75, 3.05) is 5.32 Å². The highest BCUT2D eigenvalue weighted by molar-refractivity contribution is 8.00. The maximum atomic E-state index is 12.9. The van der Waals surface area contributed by atoms with Crippen LogP contribution in [0.4, 0.5) is 10.1 Å². The lowest BCUT2D eigenvalue weighted by Gasteiger charge is -2.13. The quantitative estimate of drug-likeness (QED) is 0.701. The second-order valence-corrected chi connectivity index (χ2v) is 9.13. The van der Waals surface area contributed by atoms with Crippen LogP contribution < -0.4 is 10.0 Å². The molecule has 0 heterocycles. The molecule has 0 radical (unpaired) electrons. The normalized spacial score (nSPS) is 12.8. The van der Waals surface area contributed by atoms with Crippen LogP contribution in [0.2, 0.25) is 0 Å². The Labute approximate surface area is 157 Å². The van der Waals surface area contributed by atoms with Crippen molar-refractivity contribution >= 4 is 33.4 Å². The Morgan fingerprint density at radius 3 is 2.12 bits per heavy atom. The second kappa shape index (κ2) is 8.66. The van der Waals surface area contributed by atoms with Gasteiger partial charge >= 0.3 is 0 Å². The first-order valence-electron chi connectivity index (χ1n) is 8.03. The molecule has 8 heteroatoms. The van der Waals surface area contributed by atoms with Crippen LogP contribution in [0, 0.1) is 5.82 Å². The molecule has 0 fully saturated rings. The van der Waals surface area contributed by atoms with Crippen molar-refractivity contribution < 1.29 is 17.6 Å². The van der Waals surface area contributed by atoms with Gasteiger partial charge in [-0.25, -0.2) is 17.5 Å². The predicted octanol–water partition coefficient (Wildman–Crippen LogP) is 3.63. The molecule has 2 aromatic carbocycles. The van der Waals surface area contributed by atoms with Crippen LogP contribution in [0.1, 0.15) is 20.8 Å². The van der Waals surface area contributed by atoms with Crippen molar-refractivity contribution in [2.45, 2.75) is 41.9 Å². The first kappa shape index (κ1) is 20.4. The van der Waals surface area contributed by atoms with E-state index >= 15 is 0 Å². The average Bonchev–Trinajstić information content (AvgIpc) is 2.56. The van der Waals surface area contributed by atoms with E-state index in [0.717, 1.165) is 4.90 Å². The number of nitrogens with one attached hydrogen (secondary N) is 2. The van der Waals surface area contributed by atoms with E-state index < -0.39 is 15.3 Å². The Hall–Kier alpha value is -1.90. The topological polar surface area (TPSA) is 75.3 Å². The third-order valence-corrected chi connectivity index (χ3v) is 6.11. The molecule has 0 saturated carbocycles. The summed E-state index contributed by atoms with van der Waals surface area (Å²) < 4.78 is 39.6. The molecule has 2 rings (SSSR count). The zero-order valence-corrected chi connectivity index (χ0v) is 16.3. The van der Waals surface area contributed by atoms with Crippen molar-refractivity contribution in [3.8, 4) is 0 Å². The van der Waals surface area contributed by atoms with E-state index in [1.165, 1.54) is 36.0 Å². The third-order valence-electron chi connectivity index (χ3n) is 3.32. The van der Waals surface area contributed by atoms with Crippen molar-refractivity contribution in [1.29, 1.82) is 0 Å².